The molecule has 30 heavy (non-hydrogen) atoms. The summed E-state index contributed by atoms with van der Waals surface area (Å²) >= 11 is 6.03. The number of methoxy groups -OCH3 is 1. The molecule has 4 rings (SSSR count). The van der Waals surface area contributed by atoms with Crippen molar-refractivity contribution < 1.29 is 19.1 Å². The van der Waals surface area contributed by atoms with Crippen LogP contribution in [-0.2, 0) is 0 Å². The molecule has 0 saturated carbocycles. The number of nitrogens with one attached hydrogen (secondary N) is 1. The van der Waals surface area contributed by atoms with Gasteiger partial charge in [-0.1, -0.05) is 23.7 Å². The Bertz CT molecular complexity index is 1150. The normalized spacial score (nSPS) is 12.4. The molecule has 0 radical (unpaired) electrons. The summed E-state index contributed by atoms with van der Waals surface area (Å²) in [7, 11) is 1.48. The summed E-state index contributed by atoms with van der Waals surface area (Å²) in [4.78, 5) is 27.6. The predicted molar refractivity (Wildman–Crippen MR) is 116 cm³/mol. The van der Waals surface area contributed by atoms with Crippen LogP contribution in [0.4, 0.5) is 11.4 Å². The Kier molecular flexibility index (Phi) is 5.33. The molecule has 6 nitrogen and oxygen atoms in total. The van der Waals surface area contributed by atoms with Crippen molar-refractivity contribution in [2.75, 3.05) is 23.9 Å². The second kappa shape index (κ2) is 8.08. The predicted octanol–water partition coefficient (Wildman–Crippen LogP) is 5.37. The van der Waals surface area contributed by atoms with Crippen LogP contribution in [0.5, 0.6) is 17.2 Å². The molecule has 1 heterocycles. The minimum absolute atomic E-state index is 0.200. The van der Waals surface area contributed by atoms with Gasteiger partial charge in [0, 0.05) is 17.3 Å². The monoisotopic (exact) mass is 422 g/mol. The van der Waals surface area contributed by atoms with E-state index in [9.17, 15) is 9.59 Å². The van der Waals surface area contributed by atoms with E-state index in [-0.39, 0.29) is 5.91 Å². The summed E-state index contributed by atoms with van der Waals surface area (Å²) in [6.45, 7) is 2.38. The minimum atomic E-state index is -0.396. The molecule has 3 aromatic carbocycles. The zero-order chi connectivity index (χ0) is 21.3. The molecule has 0 aromatic heterocycles. The standard InChI is InChI=1S/C23H19ClN2O4/c1-3-26-18-6-4-5-7-21(18)30-20-11-9-15(13-17(20)23(26)28)25-22(27)16-12-14(24)8-10-19(16)29-2/h4-13H,3H2,1-2H3,(H,25,27). The van der Waals surface area contributed by atoms with Gasteiger partial charge in [-0.3, -0.25) is 9.59 Å². The van der Waals surface area contributed by atoms with E-state index >= 15 is 0 Å². The molecule has 0 bridgehead atoms. The number of halogens is 1. The Hall–Kier alpha value is -3.51. The molecule has 1 N–H and O–H groups in total. The van der Waals surface area contributed by atoms with Gasteiger partial charge in [-0.25, -0.2) is 0 Å². The molecular formula is C23H19ClN2O4. The maximum absolute atomic E-state index is 13.2. The molecule has 0 fully saturated rings. The Morgan fingerprint density at radius 3 is 2.67 bits per heavy atom. The number of para-hydroxylation sites is 2. The Balaban J connectivity index is 1.68. The Labute approximate surface area is 179 Å². The molecule has 7 heteroatoms. The molecule has 152 valence electrons. The number of ether oxygens (including phenoxy) is 2. The van der Waals surface area contributed by atoms with Gasteiger partial charge in [-0.2, -0.15) is 0 Å². The van der Waals surface area contributed by atoms with Crippen molar-refractivity contribution in [3.8, 4) is 17.2 Å². The lowest BCUT2D eigenvalue weighted by Gasteiger charge is -2.19. The zero-order valence-electron chi connectivity index (χ0n) is 16.4. The Morgan fingerprint density at radius 2 is 1.90 bits per heavy atom. The summed E-state index contributed by atoms with van der Waals surface area (Å²) in [5.41, 5.74) is 1.82. The molecule has 0 saturated heterocycles. The maximum atomic E-state index is 13.2. The first-order chi connectivity index (χ1) is 14.5. The van der Waals surface area contributed by atoms with Gasteiger partial charge in [0.15, 0.2) is 5.75 Å². The lowest BCUT2D eigenvalue weighted by Crippen LogP contribution is -2.29. The number of carbonyl (C=O) groups excluding carboxylic acids is 2. The second-order valence-corrected chi connectivity index (χ2v) is 7.07. The number of benzene rings is 3. The zero-order valence-corrected chi connectivity index (χ0v) is 17.2. The van der Waals surface area contributed by atoms with Crippen LogP contribution in [0.25, 0.3) is 0 Å². The highest BCUT2D eigenvalue weighted by Crippen LogP contribution is 2.39. The largest absolute Gasteiger partial charge is 0.496 e. The van der Waals surface area contributed by atoms with Crippen LogP contribution in [0.15, 0.2) is 60.7 Å². The fourth-order valence-electron chi connectivity index (χ4n) is 3.37. The summed E-state index contributed by atoms with van der Waals surface area (Å²) < 4.78 is 11.2. The van der Waals surface area contributed by atoms with Gasteiger partial charge in [-0.05, 0) is 55.5 Å². The molecule has 0 unspecified atom stereocenters. The first kappa shape index (κ1) is 19.8. The number of hydrogen-bond acceptors (Lipinski definition) is 4. The van der Waals surface area contributed by atoms with Gasteiger partial charge in [0.2, 0.25) is 0 Å². The van der Waals surface area contributed by atoms with E-state index in [0.717, 1.165) is 0 Å². The summed E-state index contributed by atoms with van der Waals surface area (Å²) in [6, 6.07) is 17.2. The van der Waals surface area contributed by atoms with E-state index in [1.165, 1.54) is 13.2 Å². The van der Waals surface area contributed by atoms with E-state index in [0.29, 0.717) is 51.3 Å². The number of amides is 2. The molecular weight excluding hydrogens is 404 g/mol. The van der Waals surface area contributed by atoms with Crippen molar-refractivity contribution in [3.63, 3.8) is 0 Å². The van der Waals surface area contributed by atoms with E-state index in [2.05, 4.69) is 5.32 Å². The number of nitrogens with zero attached hydrogens (tertiary/aromatic N) is 1. The van der Waals surface area contributed by atoms with E-state index in [1.54, 1.807) is 35.2 Å². The van der Waals surface area contributed by atoms with Crippen LogP contribution < -0.4 is 19.7 Å². The fourth-order valence-corrected chi connectivity index (χ4v) is 3.55. The van der Waals surface area contributed by atoms with Crippen LogP contribution in [0.2, 0.25) is 5.02 Å². The van der Waals surface area contributed by atoms with Crippen LogP contribution in [-0.4, -0.2) is 25.5 Å². The first-order valence-electron chi connectivity index (χ1n) is 9.39. The van der Waals surface area contributed by atoms with E-state index in [4.69, 9.17) is 21.1 Å². The van der Waals surface area contributed by atoms with Crippen molar-refractivity contribution >= 4 is 34.8 Å². The molecule has 1 aliphatic heterocycles. The lowest BCUT2D eigenvalue weighted by molar-refractivity contribution is 0.0985. The van der Waals surface area contributed by atoms with Crippen molar-refractivity contribution in [2.24, 2.45) is 0 Å². The van der Waals surface area contributed by atoms with Crippen molar-refractivity contribution in [1.29, 1.82) is 0 Å². The number of hydrogen-bond donors (Lipinski definition) is 1. The fraction of sp³-hybridized carbons (Fsp3) is 0.130. The number of carbonyl (C=O) groups is 2. The average molecular weight is 423 g/mol. The molecule has 3 aromatic rings. The third-order valence-electron chi connectivity index (χ3n) is 4.81. The number of anilines is 2. The van der Waals surface area contributed by atoms with Crippen molar-refractivity contribution in [2.45, 2.75) is 6.92 Å². The lowest BCUT2D eigenvalue weighted by atomic mass is 10.1. The number of rotatable bonds is 4. The third kappa shape index (κ3) is 3.57. The minimum Gasteiger partial charge on any atom is -0.496 e. The summed E-state index contributed by atoms with van der Waals surface area (Å²) in [5, 5.41) is 3.22. The van der Waals surface area contributed by atoms with Gasteiger partial charge in [0.25, 0.3) is 11.8 Å². The van der Waals surface area contributed by atoms with E-state index < -0.39 is 5.91 Å². The smallest absolute Gasteiger partial charge is 0.262 e. The second-order valence-electron chi connectivity index (χ2n) is 6.63. The highest BCUT2D eigenvalue weighted by molar-refractivity contribution is 6.31. The van der Waals surface area contributed by atoms with Crippen molar-refractivity contribution in [1.82, 2.24) is 0 Å². The van der Waals surface area contributed by atoms with Gasteiger partial charge in [-0.15, -0.1) is 0 Å². The Morgan fingerprint density at radius 1 is 1.10 bits per heavy atom. The summed E-state index contributed by atoms with van der Waals surface area (Å²) in [5.74, 6) is 0.841. The van der Waals surface area contributed by atoms with Gasteiger partial charge in [0.1, 0.15) is 11.5 Å². The van der Waals surface area contributed by atoms with Gasteiger partial charge < -0.3 is 19.7 Å². The average Bonchev–Trinajstić information content (AvgIpc) is 2.87. The van der Waals surface area contributed by atoms with Crippen LogP contribution >= 0.6 is 11.6 Å². The van der Waals surface area contributed by atoms with Crippen LogP contribution in [0, 0.1) is 0 Å². The maximum Gasteiger partial charge on any atom is 0.262 e. The topological polar surface area (TPSA) is 67.9 Å². The molecule has 0 spiro atoms. The van der Waals surface area contributed by atoms with Crippen molar-refractivity contribution in [3.05, 3.63) is 76.8 Å². The molecule has 0 atom stereocenters. The summed E-state index contributed by atoms with van der Waals surface area (Å²) in [6.07, 6.45) is 0. The van der Waals surface area contributed by atoms with Crippen LogP contribution in [0.1, 0.15) is 27.6 Å². The highest BCUT2D eigenvalue weighted by Gasteiger charge is 2.27. The SMILES string of the molecule is CCN1C(=O)c2cc(NC(=O)c3cc(Cl)ccc3OC)ccc2Oc2ccccc21. The number of fused-ring (bicyclic) bond motifs is 2. The molecule has 0 aliphatic carbocycles. The van der Waals surface area contributed by atoms with Crippen LogP contribution in [0.3, 0.4) is 0 Å². The van der Waals surface area contributed by atoms with Gasteiger partial charge in [0.05, 0.1) is 23.9 Å². The molecule has 2 amide bonds. The van der Waals surface area contributed by atoms with Gasteiger partial charge >= 0.3 is 0 Å². The first-order valence-corrected chi connectivity index (χ1v) is 9.77. The quantitative estimate of drug-likeness (QED) is 0.613. The third-order valence-corrected chi connectivity index (χ3v) is 5.05. The molecule has 1 aliphatic rings. The highest BCUT2D eigenvalue weighted by atomic mass is 35.5. The van der Waals surface area contributed by atoms with E-state index in [1.807, 2.05) is 31.2 Å².